The van der Waals surface area contributed by atoms with Crippen molar-refractivity contribution in [3.63, 3.8) is 0 Å². The standard InChI is InChI=1S/C18H26F3N7O/c1-11-13(15-14(18(19,20)21)16(23-2)25-17(22)24-15)10-28(26-11)12-4-6-27(7-5-12)8-9-29-3/h10,12H,4-9H2,1-3H3,(H3,22,23,24,25). The van der Waals surface area contributed by atoms with E-state index in [9.17, 15) is 13.2 Å². The first-order valence-electron chi connectivity index (χ1n) is 9.44. The summed E-state index contributed by atoms with van der Waals surface area (Å²) in [6, 6.07) is 0.124. The lowest BCUT2D eigenvalue weighted by Crippen LogP contribution is -2.36. The molecule has 0 radical (unpaired) electrons. The van der Waals surface area contributed by atoms with Gasteiger partial charge in [-0.3, -0.25) is 4.68 Å². The monoisotopic (exact) mass is 413 g/mol. The first-order chi connectivity index (χ1) is 13.7. The topological polar surface area (TPSA) is 94.1 Å². The molecule has 1 fully saturated rings. The lowest BCUT2D eigenvalue weighted by Gasteiger charge is -2.31. The number of likely N-dealkylation sites (tertiary alicyclic amines) is 1. The van der Waals surface area contributed by atoms with E-state index in [2.05, 4.69) is 25.3 Å². The van der Waals surface area contributed by atoms with Crippen LogP contribution in [0, 0.1) is 6.92 Å². The van der Waals surface area contributed by atoms with Crippen molar-refractivity contribution in [1.29, 1.82) is 0 Å². The van der Waals surface area contributed by atoms with Crippen LogP contribution < -0.4 is 11.1 Å². The highest BCUT2D eigenvalue weighted by molar-refractivity contribution is 5.72. The molecule has 160 valence electrons. The van der Waals surface area contributed by atoms with Gasteiger partial charge in [-0.05, 0) is 19.8 Å². The van der Waals surface area contributed by atoms with Crippen LogP contribution in [0.15, 0.2) is 6.20 Å². The molecule has 0 aromatic carbocycles. The van der Waals surface area contributed by atoms with E-state index in [1.54, 1.807) is 24.9 Å². The summed E-state index contributed by atoms with van der Waals surface area (Å²) < 4.78 is 48.1. The van der Waals surface area contributed by atoms with Crippen LogP contribution in [0.1, 0.15) is 30.1 Å². The van der Waals surface area contributed by atoms with E-state index in [0.29, 0.717) is 17.9 Å². The van der Waals surface area contributed by atoms with Crippen LogP contribution in [0.3, 0.4) is 0 Å². The number of aryl methyl sites for hydroxylation is 1. The first kappa shape index (κ1) is 21.3. The molecule has 8 nitrogen and oxygen atoms in total. The summed E-state index contributed by atoms with van der Waals surface area (Å²) in [5, 5.41) is 6.96. The molecule has 1 aliphatic heterocycles. The lowest BCUT2D eigenvalue weighted by atomic mass is 10.0. The molecule has 2 aromatic rings. The fourth-order valence-corrected chi connectivity index (χ4v) is 3.65. The Balaban J connectivity index is 1.91. The molecule has 1 aliphatic rings. The lowest BCUT2D eigenvalue weighted by molar-refractivity contribution is -0.136. The van der Waals surface area contributed by atoms with Gasteiger partial charge in [0.05, 0.1) is 24.0 Å². The predicted molar refractivity (Wildman–Crippen MR) is 104 cm³/mol. The van der Waals surface area contributed by atoms with Gasteiger partial charge in [-0.1, -0.05) is 0 Å². The van der Waals surface area contributed by atoms with Gasteiger partial charge in [-0.2, -0.15) is 23.3 Å². The molecule has 0 spiro atoms. The molecule has 0 aliphatic carbocycles. The van der Waals surface area contributed by atoms with Crippen LogP contribution in [0.4, 0.5) is 24.9 Å². The Morgan fingerprint density at radius 1 is 1.28 bits per heavy atom. The third-order valence-corrected chi connectivity index (χ3v) is 5.16. The normalized spacial score (nSPS) is 16.3. The zero-order chi connectivity index (χ0) is 21.2. The Labute approximate surface area is 167 Å². The Bertz CT molecular complexity index is 845. The zero-order valence-corrected chi connectivity index (χ0v) is 16.8. The summed E-state index contributed by atoms with van der Waals surface area (Å²) in [6.07, 6.45) is -1.27. The van der Waals surface area contributed by atoms with Gasteiger partial charge >= 0.3 is 6.18 Å². The van der Waals surface area contributed by atoms with E-state index in [-0.39, 0.29) is 23.5 Å². The van der Waals surface area contributed by atoms with Crippen molar-refractivity contribution in [2.45, 2.75) is 32.0 Å². The van der Waals surface area contributed by atoms with Crippen molar-refractivity contribution in [2.24, 2.45) is 0 Å². The molecule has 0 atom stereocenters. The van der Waals surface area contributed by atoms with E-state index in [1.807, 2.05) is 0 Å². The Morgan fingerprint density at radius 3 is 2.55 bits per heavy atom. The second-order valence-electron chi connectivity index (χ2n) is 7.08. The number of methoxy groups -OCH3 is 1. The first-order valence-corrected chi connectivity index (χ1v) is 9.44. The minimum Gasteiger partial charge on any atom is -0.383 e. The van der Waals surface area contributed by atoms with Gasteiger partial charge in [0.15, 0.2) is 0 Å². The third-order valence-electron chi connectivity index (χ3n) is 5.16. The van der Waals surface area contributed by atoms with Crippen LogP contribution in [-0.2, 0) is 10.9 Å². The Hall–Kier alpha value is -2.40. The number of aromatic nitrogens is 4. The second kappa shape index (κ2) is 8.54. The Kier molecular flexibility index (Phi) is 6.27. The molecule has 0 unspecified atom stereocenters. The van der Waals surface area contributed by atoms with Crippen molar-refractivity contribution >= 4 is 11.8 Å². The van der Waals surface area contributed by atoms with Crippen molar-refractivity contribution in [2.75, 3.05) is 51.4 Å². The number of alkyl halides is 3. The van der Waals surface area contributed by atoms with Crippen LogP contribution in [0.25, 0.3) is 11.3 Å². The van der Waals surface area contributed by atoms with E-state index in [0.717, 1.165) is 32.5 Å². The fraction of sp³-hybridized carbons (Fsp3) is 0.611. The number of halogens is 3. The number of nitrogen functional groups attached to an aromatic ring is 1. The Morgan fingerprint density at radius 2 is 1.97 bits per heavy atom. The smallest absolute Gasteiger partial charge is 0.383 e. The van der Waals surface area contributed by atoms with Gasteiger partial charge in [-0.25, -0.2) is 4.98 Å². The average Bonchev–Trinajstić information content (AvgIpc) is 3.06. The van der Waals surface area contributed by atoms with Crippen molar-refractivity contribution in [3.8, 4) is 11.3 Å². The molecule has 29 heavy (non-hydrogen) atoms. The number of hydrogen-bond donors (Lipinski definition) is 2. The molecule has 1 saturated heterocycles. The van der Waals surface area contributed by atoms with Crippen molar-refractivity contribution in [1.82, 2.24) is 24.6 Å². The van der Waals surface area contributed by atoms with E-state index >= 15 is 0 Å². The second-order valence-corrected chi connectivity index (χ2v) is 7.08. The van der Waals surface area contributed by atoms with Gasteiger partial charge in [0.25, 0.3) is 0 Å². The number of nitrogens with two attached hydrogens (primary N) is 1. The summed E-state index contributed by atoms with van der Waals surface area (Å²) >= 11 is 0. The van der Waals surface area contributed by atoms with Crippen LogP contribution in [0.2, 0.25) is 0 Å². The average molecular weight is 413 g/mol. The number of nitrogens with one attached hydrogen (secondary N) is 1. The number of ether oxygens (including phenoxy) is 1. The molecular formula is C18H26F3N7O. The maximum atomic E-state index is 13.7. The number of piperidine rings is 1. The SMILES string of the molecule is CNc1nc(N)nc(-c2cn(C3CCN(CCOC)CC3)nc2C)c1C(F)(F)F. The maximum absolute atomic E-state index is 13.7. The van der Waals surface area contributed by atoms with Gasteiger partial charge in [0.2, 0.25) is 5.95 Å². The van der Waals surface area contributed by atoms with E-state index in [4.69, 9.17) is 10.5 Å². The van der Waals surface area contributed by atoms with E-state index < -0.39 is 11.7 Å². The molecule has 3 N–H and O–H groups in total. The molecular weight excluding hydrogens is 387 g/mol. The third kappa shape index (κ3) is 4.61. The van der Waals surface area contributed by atoms with Crippen LogP contribution in [-0.4, -0.2) is 65.0 Å². The molecule has 0 bridgehead atoms. The minimum absolute atomic E-state index is 0.124. The van der Waals surface area contributed by atoms with Gasteiger partial charge in [0, 0.05) is 45.6 Å². The van der Waals surface area contributed by atoms with Gasteiger partial charge in [0.1, 0.15) is 11.4 Å². The summed E-state index contributed by atoms with van der Waals surface area (Å²) in [4.78, 5) is 9.92. The highest BCUT2D eigenvalue weighted by Gasteiger charge is 2.39. The number of rotatable bonds is 6. The van der Waals surface area contributed by atoms with Crippen LogP contribution in [0.5, 0.6) is 0 Å². The number of hydrogen-bond acceptors (Lipinski definition) is 7. The highest BCUT2D eigenvalue weighted by Crippen LogP contribution is 2.41. The molecule has 2 aromatic heterocycles. The molecule has 0 saturated carbocycles. The quantitative estimate of drug-likeness (QED) is 0.752. The van der Waals surface area contributed by atoms with Crippen molar-refractivity contribution in [3.05, 3.63) is 17.5 Å². The summed E-state index contributed by atoms with van der Waals surface area (Å²) in [5.41, 5.74) is 5.25. The number of nitrogens with zero attached hydrogens (tertiary/aromatic N) is 5. The van der Waals surface area contributed by atoms with E-state index in [1.165, 1.54) is 7.05 Å². The molecule has 11 heteroatoms. The summed E-state index contributed by atoms with van der Waals surface area (Å²) in [7, 11) is 3.05. The van der Waals surface area contributed by atoms with Gasteiger partial charge in [-0.15, -0.1) is 0 Å². The van der Waals surface area contributed by atoms with Crippen LogP contribution >= 0.6 is 0 Å². The summed E-state index contributed by atoms with van der Waals surface area (Å²) in [6.45, 7) is 5.01. The van der Waals surface area contributed by atoms with Gasteiger partial charge < -0.3 is 20.7 Å². The summed E-state index contributed by atoms with van der Waals surface area (Å²) in [5.74, 6) is -0.574. The zero-order valence-electron chi connectivity index (χ0n) is 16.8. The molecule has 3 heterocycles. The van der Waals surface area contributed by atoms with Crippen molar-refractivity contribution < 1.29 is 17.9 Å². The maximum Gasteiger partial charge on any atom is 0.422 e. The molecule has 0 amide bonds. The largest absolute Gasteiger partial charge is 0.422 e. The molecule has 3 rings (SSSR count). The fourth-order valence-electron chi connectivity index (χ4n) is 3.65. The number of anilines is 2. The predicted octanol–water partition coefficient (Wildman–Crippen LogP) is 2.57. The minimum atomic E-state index is -4.64. The highest BCUT2D eigenvalue weighted by atomic mass is 19.4.